The first kappa shape index (κ1) is 15.5. The van der Waals surface area contributed by atoms with Gasteiger partial charge in [0, 0.05) is 43.1 Å². The lowest BCUT2D eigenvalue weighted by Gasteiger charge is -2.25. The van der Waals surface area contributed by atoms with Crippen LogP contribution < -0.4 is 0 Å². The summed E-state index contributed by atoms with van der Waals surface area (Å²) in [4.78, 5) is 16.5. The van der Waals surface area contributed by atoms with Crippen molar-refractivity contribution in [1.29, 1.82) is 0 Å². The highest BCUT2D eigenvalue weighted by molar-refractivity contribution is 5.78. The summed E-state index contributed by atoms with van der Waals surface area (Å²) in [6, 6.07) is 7.02. The van der Waals surface area contributed by atoms with Crippen molar-refractivity contribution in [3.8, 4) is 0 Å². The van der Waals surface area contributed by atoms with Gasteiger partial charge in [0.25, 0.3) is 0 Å². The highest BCUT2D eigenvalue weighted by Gasteiger charge is 2.44. The van der Waals surface area contributed by atoms with Crippen LogP contribution in [-0.4, -0.2) is 41.9 Å². The van der Waals surface area contributed by atoms with E-state index in [4.69, 9.17) is 0 Å². The number of benzene rings is 1. The molecule has 2 saturated heterocycles. The van der Waals surface area contributed by atoms with Crippen molar-refractivity contribution in [2.24, 2.45) is 11.3 Å². The van der Waals surface area contributed by atoms with Crippen LogP contribution in [0.4, 0.5) is 4.39 Å². The molecule has 0 aliphatic carbocycles. The third-order valence-corrected chi connectivity index (χ3v) is 5.11. The van der Waals surface area contributed by atoms with E-state index >= 15 is 0 Å². The molecule has 1 amide bonds. The summed E-state index contributed by atoms with van der Waals surface area (Å²) in [6.07, 6.45) is 2.20. The molecule has 1 aromatic rings. The van der Waals surface area contributed by atoms with Crippen molar-refractivity contribution in [3.63, 3.8) is 0 Å². The summed E-state index contributed by atoms with van der Waals surface area (Å²) in [5, 5.41) is 0. The van der Waals surface area contributed by atoms with E-state index in [1.54, 1.807) is 6.07 Å². The van der Waals surface area contributed by atoms with E-state index in [0.717, 1.165) is 44.6 Å². The average Bonchev–Trinajstić information content (AvgIpc) is 3.08. The molecule has 1 aromatic carbocycles. The van der Waals surface area contributed by atoms with Crippen LogP contribution in [0.25, 0.3) is 0 Å². The number of halogens is 1. The average molecular weight is 304 g/mol. The molecule has 2 aliphatic rings. The van der Waals surface area contributed by atoms with Gasteiger partial charge in [-0.3, -0.25) is 9.69 Å². The molecule has 0 radical (unpaired) electrons. The van der Waals surface area contributed by atoms with E-state index in [1.165, 1.54) is 6.07 Å². The first-order chi connectivity index (χ1) is 10.5. The molecule has 22 heavy (non-hydrogen) atoms. The summed E-state index contributed by atoms with van der Waals surface area (Å²) in [7, 11) is 0. The smallest absolute Gasteiger partial charge is 0.225 e. The Bertz CT molecular complexity index is 560. The zero-order valence-electron chi connectivity index (χ0n) is 13.5. The summed E-state index contributed by atoms with van der Waals surface area (Å²) in [6.45, 7) is 8.33. The predicted octanol–water partition coefficient (Wildman–Crippen LogP) is 2.91. The van der Waals surface area contributed by atoms with E-state index in [9.17, 15) is 9.18 Å². The molecular formula is C18H25FN2O. The van der Waals surface area contributed by atoms with Crippen molar-refractivity contribution in [2.45, 2.75) is 33.2 Å². The van der Waals surface area contributed by atoms with Gasteiger partial charge in [-0.15, -0.1) is 0 Å². The Morgan fingerprint density at radius 1 is 1.23 bits per heavy atom. The van der Waals surface area contributed by atoms with Gasteiger partial charge in [-0.1, -0.05) is 32.0 Å². The topological polar surface area (TPSA) is 23.6 Å². The predicted molar refractivity (Wildman–Crippen MR) is 84.8 cm³/mol. The highest BCUT2D eigenvalue weighted by Crippen LogP contribution is 2.40. The number of likely N-dealkylation sites (tertiary alicyclic amines) is 2. The monoisotopic (exact) mass is 304 g/mol. The van der Waals surface area contributed by atoms with Gasteiger partial charge in [0.2, 0.25) is 5.91 Å². The Morgan fingerprint density at radius 2 is 1.95 bits per heavy atom. The number of rotatable bonds is 3. The number of carbonyl (C=O) groups is 1. The van der Waals surface area contributed by atoms with Crippen LogP contribution in [0, 0.1) is 17.2 Å². The molecule has 1 unspecified atom stereocenters. The van der Waals surface area contributed by atoms with Crippen LogP contribution in [-0.2, 0) is 11.3 Å². The molecule has 120 valence electrons. The van der Waals surface area contributed by atoms with E-state index in [2.05, 4.69) is 4.90 Å². The Kier molecular flexibility index (Phi) is 4.22. The molecule has 3 rings (SSSR count). The van der Waals surface area contributed by atoms with E-state index in [1.807, 2.05) is 30.9 Å². The standard InChI is InChI=1S/C18H25FN2O/c1-14(2)17(22)21-10-8-18(13-21)7-9-20(12-18)11-15-5-3-4-6-16(15)19/h3-6,14H,7-13H2,1-2H3. The Balaban J connectivity index is 1.61. The maximum Gasteiger partial charge on any atom is 0.225 e. The highest BCUT2D eigenvalue weighted by atomic mass is 19.1. The van der Waals surface area contributed by atoms with E-state index in [-0.39, 0.29) is 23.1 Å². The van der Waals surface area contributed by atoms with E-state index in [0.29, 0.717) is 6.54 Å². The molecule has 3 nitrogen and oxygen atoms in total. The van der Waals surface area contributed by atoms with Crippen LogP contribution in [0.2, 0.25) is 0 Å². The molecule has 0 aromatic heterocycles. The van der Waals surface area contributed by atoms with Gasteiger partial charge in [-0.25, -0.2) is 4.39 Å². The summed E-state index contributed by atoms with van der Waals surface area (Å²) < 4.78 is 13.8. The lowest BCUT2D eigenvalue weighted by atomic mass is 9.86. The number of nitrogens with zero attached hydrogens (tertiary/aromatic N) is 2. The molecular weight excluding hydrogens is 279 g/mol. The molecule has 2 aliphatic heterocycles. The zero-order valence-corrected chi connectivity index (χ0v) is 13.5. The third kappa shape index (κ3) is 3.02. The number of hydrogen-bond donors (Lipinski definition) is 0. The van der Waals surface area contributed by atoms with Gasteiger partial charge in [0.05, 0.1) is 0 Å². The maximum absolute atomic E-state index is 13.8. The van der Waals surface area contributed by atoms with Crippen LogP contribution in [0.5, 0.6) is 0 Å². The van der Waals surface area contributed by atoms with Crippen molar-refractivity contribution >= 4 is 5.91 Å². The van der Waals surface area contributed by atoms with Crippen LogP contribution in [0.1, 0.15) is 32.3 Å². The normalized spacial score (nSPS) is 25.5. The Hall–Kier alpha value is -1.42. The van der Waals surface area contributed by atoms with Crippen molar-refractivity contribution in [2.75, 3.05) is 26.2 Å². The molecule has 1 atom stereocenters. The fourth-order valence-corrected chi connectivity index (χ4v) is 3.85. The Labute approximate surface area is 132 Å². The number of hydrogen-bond acceptors (Lipinski definition) is 2. The second-order valence-corrected chi connectivity index (χ2v) is 7.22. The van der Waals surface area contributed by atoms with Crippen molar-refractivity contribution in [1.82, 2.24) is 9.80 Å². The van der Waals surface area contributed by atoms with Gasteiger partial charge in [-0.05, 0) is 25.5 Å². The lowest BCUT2D eigenvalue weighted by Crippen LogP contribution is -2.36. The second kappa shape index (κ2) is 5.99. The van der Waals surface area contributed by atoms with E-state index < -0.39 is 0 Å². The van der Waals surface area contributed by atoms with Gasteiger partial charge < -0.3 is 4.90 Å². The van der Waals surface area contributed by atoms with Gasteiger partial charge in [0.15, 0.2) is 0 Å². The minimum absolute atomic E-state index is 0.0751. The fraction of sp³-hybridized carbons (Fsp3) is 0.611. The molecule has 1 spiro atoms. The minimum Gasteiger partial charge on any atom is -0.342 e. The first-order valence-corrected chi connectivity index (χ1v) is 8.24. The third-order valence-electron chi connectivity index (χ3n) is 5.11. The maximum atomic E-state index is 13.8. The molecule has 4 heteroatoms. The van der Waals surface area contributed by atoms with Gasteiger partial charge in [-0.2, -0.15) is 0 Å². The second-order valence-electron chi connectivity index (χ2n) is 7.22. The minimum atomic E-state index is -0.119. The van der Waals surface area contributed by atoms with Crippen molar-refractivity contribution < 1.29 is 9.18 Å². The van der Waals surface area contributed by atoms with Crippen molar-refractivity contribution in [3.05, 3.63) is 35.6 Å². The first-order valence-electron chi connectivity index (χ1n) is 8.24. The number of amides is 1. The number of carbonyl (C=O) groups excluding carboxylic acids is 1. The van der Waals surface area contributed by atoms with Crippen LogP contribution in [0.3, 0.4) is 0 Å². The lowest BCUT2D eigenvalue weighted by molar-refractivity contribution is -0.133. The molecule has 2 heterocycles. The summed E-state index contributed by atoms with van der Waals surface area (Å²) in [5.41, 5.74) is 1.00. The van der Waals surface area contributed by atoms with Gasteiger partial charge in [0.1, 0.15) is 5.82 Å². The van der Waals surface area contributed by atoms with Crippen LogP contribution >= 0.6 is 0 Å². The largest absolute Gasteiger partial charge is 0.342 e. The molecule has 2 fully saturated rings. The zero-order chi connectivity index (χ0) is 15.7. The van der Waals surface area contributed by atoms with Gasteiger partial charge >= 0.3 is 0 Å². The molecule has 0 saturated carbocycles. The summed E-state index contributed by atoms with van der Waals surface area (Å²) >= 11 is 0. The molecule has 0 N–H and O–H groups in total. The summed E-state index contributed by atoms with van der Waals surface area (Å²) in [5.74, 6) is 0.224. The fourth-order valence-electron chi connectivity index (χ4n) is 3.85. The SMILES string of the molecule is CC(C)C(=O)N1CCC2(CCN(Cc3ccccc3F)C2)C1. The molecule has 0 bridgehead atoms. The Morgan fingerprint density at radius 3 is 2.68 bits per heavy atom. The quantitative estimate of drug-likeness (QED) is 0.857. The van der Waals surface area contributed by atoms with Crippen LogP contribution in [0.15, 0.2) is 24.3 Å².